The molecule has 0 aliphatic rings. The van der Waals surface area contributed by atoms with Crippen molar-refractivity contribution < 1.29 is 4.79 Å². The van der Waals surface area contributed by atoms with Crippen molar-refractivity contribution in [2.45, 2.75) is 6.54 Å². The predicted octanol–water partition coefficient (Wildman–Crippen LogP) is 3.02. The number of benzene rings is 2. The van der Waals surface area contributed by atoms with Crippen molar-refractivity contribution in [3.05, 3.63) is 66.2 Å². The lowest BCUT2D eigenvalue weighted by Gasteiger charge is -2.20. The van der Waals surface area contributed by atoms with E-state index in [2.05, 4.69) is 17.1 Å². The molecule has 0 radical (unpaired) electrons. The summed E-state index contributed by atoms with van der Waals surface area (Å²) in [5, 5.41) is 0.772. The molecule has 0 bridgehead atoms. The van der Waals surface area contributed by atoms with Crippen LogP contribution in [-0.2, 0) is 11.3 Å². The largest absolute Gasteiger partial charge is 0.369 e. The molecule has 0 fully saturated rings. The van der Waals surface area contributed by atoms with Gasteiger partial charge in [-0.1, -0.05) is 60.3 Å². The summed E-state index contributed by atoms with van der Waals surface area (Å²) in [5.41, 5.74) is 7.30. The van der Waals surface area contributed by atoms with Gasteiger partial charge in [-0.05, 0) is 17.7 Å². The maximum atomic E-state index is 11.1. The minimum absolute atomic E-state index is 0.213. The monoisotopic (exact) mass is 313 g/mol. The number of para-hydroxylation sites is 1. The van der Waals surface area contributed by atoms with Gasteiger partial charge in [-0.2, -0.15) is 0 Å². The van der Waals surface area contributed by atoms with Gasteiger partial charge in [-0.15, -0.1) is 0 Å². The number of nitrogens with zero attached hydrogens (tertiary/aromatic N) is 2. The Morgan fingerprint density at radius 3 is 2.27 bits per heavy atom. The van der Waals surface area contributed by atoms with Gasteiger partial charge in [0.2, 0.25) is 5.91 Å². The van der Waals surface area contributed by atoms with E-state index in [4.69, 9.17) is 5.73 Å². The first kappa shape index (κ1) is 16.1. The maximum Gasteiger partial charge on any atom is 0.227 e. The summed E-state index contributed by atoms with van der Waals surface area (Å²) < 4.78 is 0. The van der Waals surface area contributed by atoms with Gasteiger partial charge in [0.15, 0.2) is 5.17 Å². The normalized spacial score (nSPS) is 11.2. The Labute approximate surface area is 135 Å². The lowest BCUT2D eigenvalue weighted by molar-refractivity contribution is -0.115. The van der Waals surface area contributed by atoms with Gasteiger partial charge in [0.1, 0.15) is 0 Å². The quantitative estimate of drug-likeness (QED) is 0.682. The first-order chi connectivity index (χ1) is 10.6. The Bertz CT molecular complexity index is 629. The molecule has 0 unspecified atom stereocenters. The summed E-state index contributed by atoms with van der Waals surface area (Å²) in [4.78, 5) is 17.7. The molecule has 0 aliphatic heterocycles. The molecule has 0 heterocycles. The van der Waals surface area contributed by atoms with E-state index in [-0.39, 0.29) is 11.7 Å². The second kappa shape index (κ2) is 8.24. The smallest absolute Gasteiger partial charge is 0.227 e. The van der Waals surface area contributed by atoms with Gasteiger partial charge in [0, 0.05) is 13.6 Å². The number of thioether (sulfide) groups is 1. The summed E-state index contributed by atoms with van der Waals surface area (Å²) in [7, 11) is 1.96. The van der Waals surface area contributed by atoms with Crippen LogP contribution in [0.2, 0.25) is 0 Å². The number of primary amides is 1. The molecule has 5 heteroatoms. The topological polar surface area (TPSA) is 58.7 Å². The number of aliphatic imine (C=N–C) groups is 1. The summed E-state index contributed by atoms with van der Waals surface area (Å²) in [6, 6.07) is 19.8. The number of nitrogens with two attached hydrogens (primary N) is 1. The number of hydrogen-bond acceptors (Lipinski definition) is 3. The standard InChI is InChI=1S/C17H19N3OS/c1-20(12-14-8-4-2-5-9-14)17(22-13-16(18)21)19-15-10-6-3-7-11-15/h2-11H,12-13H2,1H3,(H2,18,21). The van der Waals surface area contributed by atoms with Crippen molar-refractivity contribution in [2.24, 2.45) is 10.7 Å². The summed E-state index contributed by atoms with van der Waals surface area (Å²) >= 11 is 1.35. The summed E-state index contributed by atoms with van der Waals surface area (Å²) in [5.74, 6) is -0.135. The minimum Gasteiger partial charge on any atom is -0.369 e. The van der Waals surface area contributed by atoms with Crippen LogP contribution in [0.1, 0.15) is 5.56 Å². The second-order valence-corrected chi connectivity index (χ2v) is 5.77. The van der Waals surface area contributed by atoms with Crippen molar-refractivity contribution in [3.63, 3.8) is 0 Å². The summed E-state index contributed by atoms with van der Waals surface area (Å²) in [6.07, 6.45) is 0. The molecular formula is C17H19N3OS. The third-order valence-electron chi connectivity index (χ3n) is 2.91. The lowest BCUT2D eigenvalue weighted by Crippen LogP contribution is -2.26. The zero-order valence-electron chi connectivity index (χ0n) is 12.5. The van der Waals surface area contributed by atoms with E-state index in [9.17, 15) is 4.79 Å². The highest BCUT2D eigenvalue weighted by Crippen LogP contribution is 2.18. The zero-order valence-corrected chi connectivity index (χ0v) is 13.3. The average Bonchev–Trinajstić information content (AvgIpc) is 2.53. The van der Waals surface area contributed by atoms with E-state index >= 15 is 0 Å². The third kappa shape index (κ3) is 5.26. The van der Waals surface area contributed by atoms with E-state index in [0.29, 0.717) is 0 Å². The van der Waals surface area contributed by atoms with Crippen molar-refractivity contribution in [1.29, 1.82) is 0 Å². The Morgan fingerprint density at radius 1 is 1.09 bits per heavy atom. The SMILES string of the molecule is CN(Cc1ccccc1)C(=Nc1ccccc1)SCC(N)=O. The molecule has 0 spiro atoms. The van der Waals surface area contributed by atoms with Crippen LogP contribution in [0.4, 0.5) is 5.69 Å². The fourth-order valence-corrected chi connectivity index (χ4v) is 2.63. The fraction of sp³-hybridized carbons (Fsp3) is 0.176. The van der Waals surface area contributed by atoms with Crippen molar-refractivity contribution >= 4 is 28.5 Å². The van der Waals surface area contributed by atoms with Crippen LogP contribution in [-0.4, -0.2) is 28.8 Å². The molecule has 2 aromatic rings. The lowest BCUT2D eigenvalue weighted by atomic mass is 10.2. The molecule has 2 aromatic carbocycles. The predicted molar refractivity (Wildman–Crippen MR) is 93.1 cm³/mol. The van der Waals surface area contributed by atoms with E-state index in [1.54, 1.807) is 0 Å². The zero-order chi connectivity index (χ0) is 15.8. The average molecular weight is 313 g/mol. The number of amides is 1. The highest BCUT2D eigenvalue weighted by molar-refractivity contribution is 8.14. The van der Waals surface area contributed by atoms with Crippen LogP contribution >= 0.6 is 11.8 Å². The minimum atomic E-state index is -0.348. The number of carbonyl (C=O) groups is 1. The van der Waals surface area contributed by atoms with E-state index < -0.39 is 0 Å². The first-order valence-corrected chi connectivity index (χ1v) is 7.93. The molecule has 22 heavy (non-hydrogen) atoms. The summed E-state index contributed by atoms with van der Waals surface area (Å²) in [6.45, 7) is 0.721. The Kier molecular flexibility index (Phi) is 6.03. The molecular weight excluding hydrogens is 294 g/mol. The maximum absolute atomic E-state index is 11.1. The molecule has 0 aromatic heterocycles. The molecule has 0 saturated heterocycles. The van der Waals surface area contributed by atoms with Crippen LogP contribution in [0, 0.1) is 0 Å². The van der Waals surface area contributed by atoms with Gasteiger partial charge in [0.05, 0.1) is 11.4 Å². The molecule has 0 aliphatic carbocycles. The molecule has 4 nitrogen and oxygen atoms in total. The fourth-order valence-electron chi connectivity index (χ4n) is 1.90. The van der Waals surface area contributed by atoms with Crippen LogP contribution < -0.4 is 5.73 Å². The molecule has 1 amide bonds. The van der Waals surface area contributed by atoms with Gasteiger partial charge >= 0.3 is 0 Å². The Morgan fingerprint density at radius 2 is 1.68 bits per heavy atom. The van der Waals surface area contributed by atoms with Crippen LogP contribution in [0.25, 0.3) is 0 Å². The molecule has 2 rings (SSSR count). The first-order valence-electron chi connectivity index (χ1n) is 6.95. The highest BCUT2D eigenvalue weighted by atomic mass is 32.2. The number of carbonyl (C=O) groups excluding carboxylic acids is 1. The van der Waals surface area contributed by atoms with Crippen molar-refractivity contribution in [1.82, 2.24) is 4.90 Å². The van der Waals surface area contributed by atoms with Gasteiger partial charge < -0.3 is 10.6 Å². The van der Waals surface area contributed by atoms with Crippen LogP contribution in [0.5, 0.6) is 0 Å². The second-order valence-electron chi connectivity index (χ2n) is 4.83. The Balaban J connectivity index is 2.16. The molecule has 114 valence electrons. The van der Waals surface area contributed by atoms with Gasteiger partial charge in [0.25, 0.3) is 0 Å². The third-order valence-corrected chi connectivity index (χ3v) is 4.00. The van der Waals surface area contributed by atoms with Gasteiger partial charge in [-0.3, -0.25) is 4.79 Å². The Hall–Kier alpha value is -2.27. The molecule has 0 saturated carbocycles. The van der Waals surface area contributed by atoms with E-state index in [1.165, 1.54) is 17.3 Å². The van der Waals surface area contributed by atoms with Gasteiger partial charge in [-0.25, -0.2) is 4.99 Å². The van der Waals surface area contributed by atoms with E-state index in [0.717, 1.165) is 17.4 Å². The highest BCUT2D eigenvalue weighted by Gasteiger charge is 2.10. The van der Waals surface area contributed by atoms with E-state index in [1.807, 2.05) is 60.5 Å². The molecule has 2 N–H and O–H groups in total. The number of amidine groups is 1. The number of rotatable bonds is 5. The van der Waals surface area contributed by atoms with Crippen molar-refractivity contribution in [2.75, 3.05) is 12.8 Å². The molecule has 0 atom stereocenters. The number of hydrogen-bond donors (Lipinski definition) is 1. The van der Waals surface area contributed by atoms with Crippen molar-refractivity contribution in [3.8, 4) is 0 Å². The van der Waals surface area contributed by atoms with Crippen LogP contribution in [0.15, 0.2) is 65.7 Å². The van der Waals surface area contributed by atoms with Crippen LogP contribution in [0.3, 0.4) is 0 Å².